The van der Waals surface area contributed by atoms with Gasteiger partial charge < -0.3 is 10.6 Å². The highest BCUT2D eigenvalue weighted by Gasteiger charge is 2.14. The van der Waals surface area contributed by atoms with Gasteiger partial charge in [-0.1, -0.05) is 30.7 Å². The summed E-state index contributed by atoms with van der Waals surface area (Å²) in [4.78, 5) is 11.9. The average molecular weight is 324 g/mol. The summed E-state index contributed by atoms with van der Waals surface area (Å²) in [5.41, 5.74) is 1.10. The Balaban J connectivity index is 2.81. The molecule has 21 heavy (non-hydrogen) atoms. The topological polar surface area (TPSA) is 64.9 Å². The average Bonchev–Trinajstić information content (AvgIpc) is 2.49. The zero-order chi connectivity index (χ0) is 15.7. The number of thioether (sulfide) groups is 1. The minimum atomic E-state index is -0.345. The number of carbonyl (C=O) groups excluding carboxylic acids is 1. The fourth-order valence-corrected chi connectivity index (χ4v) is 2.40. The lowest BCUT2D eigenvalue weighted by atomic mass is 10.2. The van der Waals surface area contributed by atoms with Crippen LogP contribution in [0.3, 0.4) is 0 Å². The highest BCUT2D eigenvalue weighted by atomic mass is 35.5. The van der Waals surface area contributed by atoms with Crippen LogP contribution in [0.5, 0.6) is 0 Å². The minimum absolute atomic E-state index is 0.109. The lowest BCUT2D eigenvalue weighted by molar-refractivity contribution is -0.117. The number of halogens is 1. The highest BCUT2D eigenvalue weighted by molar-refractivity contribution is 8.02. The van der Waals surface area contributed by atoms with E-state index in [2.05, 4.69) is 10.6 Å². The lowest BCUT2D eigenvalue weighted by Gasteiger charge is -2.11. The molecule has 4 nitrogen and oxygen atoms in total. The van der Waals surface area contributed by atoms with Crippen LogP contribution in [-0.4, -0.2) is 18.7 Å². The predicted molar refractivity (Wildman–Crippen MR) is 87.7 cm³/mol. The summed E-state index contributed by atoms with van der Waals surface area (Å²) in [6.45, 7) is 3.02. The van der Waals surface area contributed by atoms with Crippen LogP contribution in [0.1, 0.15) is 18.9 Å². The lowest BCUT2D eigenvalue weighted by Crippen LogP contribution is -2.27. The molecule has 0 aliphatic rings. The van der Waals surface area contributed by atoms with Gasteiger partial charge in [-0.15, -0.1) is 11.8 Å². The molecule has 0 radical (unpaired) electrons. The molecule has 1 amide bonds. The number of hydrogen-bond acceptors (Lipinski definition) is 4. The second-order valence-electron chi connectivity index (χ2n) is 4.26. The molecule has 0 aliphatic carbocycles. The van der Waals surface area contributed by atoms with E-state index in [1.165, 1.54) is 11.8 Å². The van der Waals surface area contributed by atoms with Crippen molar-refractivity contribution in [2.75, 3.05) is 12.8 Å². The van der Waals surface area contributed by atoms with Gasteiger partial charge in [-0.25, -0.2) is 0 Å². The largest absolute Gasteiger partial charge is 0.375 e. The molecule has 0 fully saturated rings. The van der Waals surface area contributed by atoms with Crippen LogP contribution in [0.25, 0.3) is 0 Å². The van der Waals surface area contributed by atoms with Gasteiger partial charge in [0, 0.05) is 18.1 Å². The van der Waals surface area contributed by atoms with Crippen molar-refractivity contribution < 1.29 is 4.79 Å². The maximum absolute atomic E-state index is 11.9. The maximum Gasteiger partial charge on any atom is 0.264 e. The molecule has 0 saturated carbocycles. The number of nitriles is 1. The van der Waals surface area contributed by atoms with Crippen molar-refractivity contribution in [3.63, 3.8) is 0 Å². The van der Waals surface area contributed by atoms with Gasteiger partial charge in [0.2, 0.25) is 0 Å². The molecular weight excluding hydrogens is 306 g/mol. The third kappa shape index (κ3) is 5.70. The molecule has 1 aromatic carbocycles. The summed E-state index contributed by atoms with van der Waals surface area (Å²) in [6, 6.07) is 9.40. The molecule has 6 heteroatoms. The summed E-state index contributed by atoms with van der Waals surface area (Å²) in [6.07, 6.45) is 2.65. The Kier molecular flexibility index (Phi) is 7.73. The molecule has 0 heterocycles. The Hall–Kier alpha value is -1.64. The Bertz CT molecular complexity index is 566. The fraction of sp³-hybridized carbons (Fsp3) is 0.333. The zero-order valence-electron chi connectivity index (χ0n) is 12.1. The first-order chi connectivity index (χ1) is 10.1. The smallest absolute Gasteiger partial charge is 0.264 e. The van der Waals surface area contributed by atoms with Crippen LogP contribution in [0.15, 0.2) is 34.9 Å². The first-order valence-electron chi connectivity index (χ1n) is 6.57. The van der Waals surface area contributed by atoms with Crippen molar-refractivity contribution in [2.45, 2.75) is 19.9 Å². The summed E-state index contributed by atoms with van der Waals surface area (Å²) >= 11 is 7.27. The molecule has 1 aromatic rings. The summed E-state index contributed by atoms with van der Waals surface area (Å²) in [5.74, 6) is -0.345. The third-order valence-electron chi connectivity index (χ3n) is 2.65. The standard InChI is InChI=1S/C15H18ClN3OS/c1-3-7-18-14(20)13(9-17)15(21-2)19-10-11-5-4-6-12(16)8-11/h4-6,8,19H,3,7,10H2,1-2H3,(H,18,20). The molecule has 1 rings (SSSR count). The van der Waals surface area contributed by atoms with Gasteiger partial charge in [-0.05, 0) is 30.4 Å². The first-order valence-corrected chi connectivity index (χ1v) is 8.17. The monoisotopic (exact) mass is 323 g/mol. The third-order valence-corrected chi connectivity index (χ3v) is 3.64. The van der Waals surface area contributed by atoms with E-state index in [1.807, 2.05) is 37.4 Å². The Morgan fingerprint density at radius 2 is 2.19 bits per heavy atom. The number of nitrogens with one attached hydrogen (secondary N) is 2. The highest BCUT2D eigenvalue weighted by Crippen LogP contribution is 2.16. The SMILES string of the molecule is CCCNC(=O)C(C#N)=C(NCc1cccc(Cl)c1)SC. The molecule has 0 aliphatic heterocycles. The van der Waals surface area contributed by atoms with Crippen LogP contribution < -0.4 is 10.6 Å². The van der Waals surface area contributed by atoms with Crippen LogP contribution in [-0.2, 0) is 11.3 Å². The predicted octanol–water partition coefficient (Wildman–Crippen LogP) is 3.05. The minimum Gasteiger partial charge on any atom is -0.375 e. The number of hydrogen-bond donors (Lipinski definition) is 2. The van der Waals surface area contributed by atoms with Crippen molar-refractivity contribution in [1.29, 1.82) is 5.26 Å². The second kappa shape index (κ2) is 9.32. The number of carbonyl (C=O) groups is 1. The van der Waals surface area contributed by atoms with Crippen molar-refractivity contribution in [2.24, 2.45) is 0 Å². The first kappa shape index (κ1) is 17.4. The van der Waals surface area contributed by atoms with Crippen LogP contribution >= 0.6 is 23.4 Å². The number of benzene rings is 1. The number of amides is 1. The Morgan fingerprint density at radius 3 is 2.76 bits per heavy atom. The summed E-state index contributed by atoms with van der Waals surface area (Å²) in [5, 5.41) is 16.2. The molecule has 0 aromatic heterocycles. The fourth-order valence-electron chi connectivity index (χ4n) is 1.62. The van der Waals surface area contributed by atoms with E-state index in [1.54, 1.807) is 6.07 Å². The van der Waals surface area contributed by atoms with E-state index in [4.69, 9.17) is 11.6 Å². The molecule has 0 unspecified atom stereocenters. The van der Waals surface area contributed by atoms with Crippen LogP contribution in [0, 0.1) is 11.3 Å². The quantitative estimate of drug-likeness (QED) is 0.598. The normalized spacial score (nSPS) is 11.3. The molecule has 0 saturated heterocycles. The zero-order valence-corrected chi connectivity index (χ0v) is 13.6. The molecule has 0 bridgehead atoms. The van der Waals surface area contributed by atoms with Gasteiger partial charge >= 0.3 is 0 Å². The van der Waals surface area contributed by atoms with Gasteiger partial charge in [-0.2, -0.15) is 5.26 Å². The molecule has 112 valence electrons. The van der Waals surface area contributed by atoms with Crippen molar-refractivity contribution in [3.8, 4) is 6.07 Å². The summed E-state index contributed by atoms with van der Waals surface area (Å²) in [7, 11) is 0. The number of rotatable bonds is 7. The molecule has 2 N–H and O–H groups in total. The van der Waals surface area contributed by atoms with Gasteiger partial charge in [0.15, 0.2) is 0 Å². The Labute approximate surface area is 134 Å². The Morgan fingerprint density at radius 1 is 1.43 bits per heavy atom. The van der Waals surface area contributed by atoms with Gasteiger partial charge in [-0.3, -0.25) is 4.79 Å². The van der Waals surface area contributed by atoms with Crippen LogP contribution in [0.4, 0.5) is 0 Å². The van der Waals surface area contributed by atoms with Gasteiger partial charge in [0.25, 0.3) is 5.91 Å². The number of nitrogens with zero attached hydrogens (tertiary/aromatic N) is 1. The van der Waals surface area contributed by atoms with E-state index in [9.17, 15) is 10.1 Å². The van der Waals surface area contributed by atoms with E-state index < -0.39 is 0 Å². The molecular formula is C15H18ClN3OS. The second-order valence-corrected chi connectivity index (χ2v) is 5.51. The maximum atomic E-state index is 11.9. The van der Waals surface area contributed by atoms with Crippen molar-refractivity contribution >= 4 is 29.3 Å². The van der Waals surface area contributed by atoms with Crippen molar-refractivity contribution in [1.82, 2.24) is 10.6 Å². The van der Waals surface area contributed by atoms with E-state index in [-0.39, 0.29) is 11.5 Å². The molecule has 0 spiro atoms. The molecule has 0 atom stereocenters. The van der Waals surface area contributed by atoms with E-state index >= 15 is 0 Å². The van der Waals surface area contributed by atoms with E-state index in [0.717, 1.165) is 12.0 Å². The van der Waals surface area contributed by atoms with E-state index in [0.29, 0.717) is 23.1 Å². The van der Waals surface area contributed by atoms with Crippen LogP contribution in [0.2, 0.25) is 5.02 Å². The van der Waals surface area contributed by atoms with Crippen molar-refractivity contribution in [3.05, 3.63) is 45.5 Å². The van der Waals surface area contributed by atoms with Gasteiger partial charge in [0.05, 0.1) is 5.03 Å². The summed E-state index contributed by atoms with van der Waals surface area (Å²) < 4.78 is 0. The van der Waals surface area contributed by atoms with Gasteiger partial charge in [0.1, 0.15) is 11.6 Å².